The van der Waals surface area contributed by atoms with Crippen molar-refractivity contribution in [2.45, 2.75) is 17.7 Å². The highest BCUT2D eigenvalue weighted by molar-refractivity contribution is 7.91. The van der Waals surface area contributed by atoms with Gasteiger partial charge in [-0.25, -0.2) is 8.42 Å². The third kappa shape index (κ3) is 5.43. The van der Waals surface area contributed by atoms with Crippen molar-refractivity contribution in [2.75, 3.05) is 12.3 Å². The van der Waals surface area contributed by atoms with E-state index in [9.17, 15) is 18.0 Å². The molecule has 0 saturated carbocycles. The maximum absolute atomic E-state index is 12.1. The van der Waals surface area contributed by atoms with Gasteiger partial charge in [0.05, 0.1) is 19.9 Å². The number of benzene rings is 1. The van der Waals surface area contributed by atoms with E-state index in [1.54, 1.807) is 30.3 Å². The van der Waals surface area contributed by atoms with Gasteiger partial charge in [-0.05, 0) is 24.3 Å². The Kier molecular flexibility index (Phi) is 6.53. The number of nitrogens with one attached hydrogen (secondary N) is 1. The number of Topliss-reactive ketones (excluding diaryl/α,β-unsaturated/α-hetero) is 1. The van der Waals surface area contributed by atoms with Gasteiger partial charge in [-0.3, -0.25) is 9.59 Å². The van der Waals surface area contributed by atoms with Gasteiger partial charge in [-0.15, -0.1) is 11.3 Å². The molecule has 128 valence electrons. The summed E-state index contributed by atoms with van der Waals surface area (Å²) < 4.78 is 24.6. The van der Waals surface area contributed by atoms with E-state index >= 15 is 0 Å². The van der Waals surface area contributed by atoms with Gasteiger partial charge in [-0.2, -0.15) is 0 Å². The molecule has 0 fully saturated rings. The number of amides is 1. The molecule has 1 heterocycles. The predicted molar refractivity (Wildman–Crippen MR) is 94.4 cm³/mol. The quantitative estimate of drug-likeness (QED) is 0.708. The summed E-state index contributed by atoms with van der Waals surface area (Å²) in [5, 5.41) is 2.53. The first kappa shape index (κ1) is 18.6. The Balaban J connectivity index is 1.74. The number of carbonyl (C=O) groups excluding carboxylic acids is 2. The number of ketones is 1. The van der Waals surface area contributed by atoms with E-state index < -0.39 is 9.84 Å². The van der Waals surface area contributed by atoms with Gasteiger partial charge in [0.15, 0.2) is 15.6 Å². The zero-order valence-corrected chi connectivity index (χ0v) is 15.1. The number of halogens is 1. The SMILES string of the molecule is O=C(CCC(=O)c1ccc(Cl)s1)NCCS(=O)(=O)c1ccccc1. The van der Waals surface area contributed by atoms with E-state index in [4.69, 9.17) is 11.6 Å². The van der Waals surface area contributed by atoms with E-state index in [0.29, 0.717) is 9.21 Å². The molecular weight excluding hydrogens is 370 g/mol. The van der Waals surface area contributed by atoms with E-state index in [0.717, 1.165) is 0 Å². The second kappa shape index (κ2) is 8.41. The Morgan fingerprint density at radius 1 is 1.04 bits per heavy atom. The lowest BCUT2D eigenvalue weighted by molar-refractivity contribution is -0.120. The van der Waals surface area contributed by atoms with Crippen molar-refractivity contribution in [1.82, 2.24) is 5.32 Å². The first-order valence-corrected chi connectivity index (χ1v) is 10.1. The highest BCUT2D eigenvalue weighted by Gasteiger charge is 2.15. The van der Waals surface area contributed by atoms with Crippen molar-refractivity contribution in [2.24, 2.45) is 0 Å². The summed E-state index contributed by atoms with van der Waals surface area (Å²) in [5.41, 5.74) is 0. The van der Waals surface area contributed by atoms with Crippen molar-refractivity contribution >= 4 is 44.5 Å². The van der Waals surface area contributed by atoms with Crippen LogP contribution in [0.1, 0.15) is 22.5 Å². The summed E-state index contributed by atoms with van der Waals surface area (Å²) in [6, 6.07) is 11.3. The Morgan fingerprint density at radius 3 is 2.38 bits per heavy atom. The maximum Gasteiger partial charge on any atom is 0.220 e. The van der Waals surface area contributed by atoms with Crippen LogP contribution in [0.15, 0.2) is 47.4 Å². The van der Waals surface area contributed by atoms with Crippen LogP contribution in [0, 0.1) is 0 Å². The van der Waals surface area contributed by atoms with Gasteiger partial charge in [0.25, 0.3) is 0 Å². The minimum absolute atomic E-state index is 0.00901. The summed E-state index contributed by atoms with van der Waals surface area (Å²) in [6.45, 7) is 0.00901. The molecule has 0 unspecified atom stereocenters. The van der Waals surface area contributed by atoms with Crippen molar-refractivity contribution < 1.29 is 18.0 Å². The van der Waals surface area contributed by atoms with Gasteiger partial charge >= 0.3 is 0 Å². The molecule has 0 spiro atoms. The van der Waals surface area contributed by atoms with Crippen LogP contribution in [0.2, 0.25) is 4.34 Å². The molecule has 0 bridgehead atoms. The monoisotopic (exact) mass is 385 g/mol. The third-order valence-electron chi connectivity index (χ3n) is 3.22. The lowest BCUT2D eigenvalue weighted by Gasteiger charge is -2.06. The molecule has 2 aromatic rings. The first-order chi connectivity index (χ1) is 11.4. The Hall–Kier alpha value is -1.70. The largest absolute Gasteiger partial charge is 0.355 e. The minimum atomic E-state index is -3.42. The number of thiophene rings is 1. The van der Waals surface area contributed by atoms with E-state index in [1.807, 2.05) is 0 Å². The van der Waals surface area contributed by atoms with Crippen molar-refractivity contribution in [3.63, 3.8) is 0 Å². The molecule has 5 nitrogen and oxygen atoms in total. The molecule has 1 aromatic heterocycles. The van der Waals surface area contributed by atoms with Gasteiger partial charge in [-0.1, -0.05) is 29.8 Å². The van der Waals surface area contributed by atoms with Crippen molar-refractivity contribution in [3.05, 3.63) is 51.7 Å². The van der Waals surface area contributed by atoms with Crippen molar-refractivity contribution in [1.29, 1.82) is 0 Å². The Bertz CT molecular complexity index is 816. The topological polar surface area (TPSA) is 80.3 Å². The van der Waals surface area contributed by atoms with E-state index in [1.165, 1.54) is 23.5 Å². The fourth-order valence-electron chi connectivity index (χ4n) is 1.97. The predicted octanol–water partition coefficient (Wildman–Crippen LogP) is 2.95. The van der Waals surface area contributed by atoms with E-state index in [-0.39, 0.29) is 41.7 Å². The molecular formula is C16H16ClNO4S2. The zero-order valence-electron chi connectivity index (χ0n) is 12.7. The minimum Gasteiger partial charge on any atom is -0.355 e. The average Bonchev–Trinajstić information content (AvgIpc) is 3.00. The first-order valence-electron chi connectivity index (χ1n) is 7.21. The van der Waals surface area contributed by atoms with Crippen LogP contribution in [0.4, 0.5) is 0 Å². The molecule has 1 N–H and O–H groups in total. The van der Waals surface area contributed by atoms with Crippen LogP contribution in [-0.2, 0) is 14.6 Å². The maximum atomic E-state index is 12.1. The summed E-state index contributed by atoms with van der Waals surface area (Å²) in [4.78, 5) is 24.3. The number of carbonyl (C=O) groups is 2. The number of sulfone groups is 1. The van der Waals surface area contributed by atoms with Crippen LogP contribution in [0.3, 0.4) is 0 Å². The zero-order chi connectivity index (χ0) is 17.6. The van der Waals surface area contributed by atoms with Crippen LogP contribution in [0.25, 0.3) is 0 Å². The number of rotatable bonds is 8. The Morgan fingerprint density at radius 2 is 1.75 bits per heavy atom. The second-order valence-electron chi connectivity index (χ2n) is 5.01. The summed E-state index contributed by atoms with van der Waals surface area (Å²) in [6.07, 6.45) is 0.0772. The molecule has 0 radical (unpaired) electrons. The average molecular weight is 386 g/mol. The lowest BCUT2D eigenvalue weighted by Crippen LogP contribution is -2.29. The van der Waals surface area contributed by atoms with E-state index in [2.05, 4.69) is 5.32 Å². The number of hydrogen-bond acceptors (Lipinski definition) is 5. The van der Waals surface area contributed by atoms with Gasteiger partial charge in [0.2, 0.25) is 5.91 Å². The molecule has 8 heteroatoms. The fourth-order valence-corrected chi connectivity index (χ4v) is 4.16. The highest BCUT2D eigenvalue weighted by Crippen LogP contribution is 2.22. The molecule has 0 saturated heterocycles. The molecule has 2 rings (SSSR count). The van der Waals surface area contributed by atoms with Crippen LogP contribution in [0.5, 0.6) is 0 Å². The molecule has 0 aliphatic carbocycles. The van der Waals surface area contributed by atoms with Crippen LogP contribution >= 0.6 is 22.9 Å². The molecule has 0 atom stereocenters. The second-order valence-corrected chi connectivity index (χ2v) is 8.83. The highest BCUT2D eigenvalue weighted by atomic mass is 35.5. The molecule has 1 amide bonds. The fraction of sp³-hybridized carbons (Fsp3) is 0.250. The van der Waals surface area contributed by atoms with Crippen LogP contribution in [-0.4, -0.2) is 32.4 Å². The molecule has 0 aliphatic heterocycles. The van der Waals surface area contributed by atoms with Crippen LogP contribution < -0.4 is 5.32 Å². The van der Waals surface area contributed by atoms with Crippen molar-refractivity contribution in [3.8, 4) is 0 Å². The standard InChI is InChI=1S/C16H16ClNO4S2/c17-15-8-7-14(23-15)13(19)6-9-16(20)18-10-11-24(21,22)12-4-2-1-3-5-12/h1-5,7-8H,6,9-11H2,(H,18,20). The number of hydrogen-bond donors (Lipinski definition) is 1. The molecule has 24 heavy (non-hydrogen) atoms. The normalized spacial score (nSPS) is 11.2. The Labute approximate surface area is 149 Å². The lowest BCUT2D eigenvalue weighted by atomic mass is 10.2. The van der Waals surface area contributed by atoms with Gasteiger partial charge < -0.3 is 5.32 Å². The van der Waals surface area contributed by atoms with Gasteiger partial charge in [0.1, 0.15) is 0 Å². The molecule has 1 aromatic carbocycles. The smallest absolute Gasteiger partial charge is 0.220 e. The summed E-state index contributed by atoms with van der Waals surface area (Å²) in [7, 11) is -3.42. The third-order valence-corrected chi connectivity index (χ3v) is 6.23. The summed E-state index contributed by atoms with van der Waals surface area (Å²) in [5.74, 6) is -0.690. The molecule has 0 aliphatic rings. The summed E-state index contributed by atoms with van der Waals surface area (Å²) >= 11 is 6.93. The van der Waals surface area contributed by atoms with Gasteiger partial charge in [0, 0.05) is 19.4 Å².